The van der Waals surface area contributed by atoms with Crippen LogP contribution in [-0.4, -0.2) is 30.6 Å². The summed E-state index contributed by atoms with van der Waals surface area (Å²) < 4.78 is 5.88. The lowest BCUT2D eigenvalue weighted by atomic mass is 10.1. The largest absolute Gasteiger partial charge is 0.481 e. The smallest absolute Gasteiger partial charge is 0.212 e. The lowest BCUT2D eigenvalue weighted by Crippen LogP contribution is -2.30. The number of rotatable bonds is 6. The Bertz CT molecular complexity index is 544. The summed E-state index contributed by atoms with van der Waals surface area (Å²) >= 11 is 7.55. The molecule has 0 bridgehead atoms. The molecule has 1 atom stereocenters. The van der Waals surface area contributed by atoms with E-state index < -0.39 is 0 Å². The molecule has 1 unspecified atom stereocenters. The number of aromatic nitrogens is 1. The molecule has 20 heavy (non-hydrogen) atoms. The summed E-state index contributed by atoms with van der Waals surface area (Å²) in [6.07, 6.45) is 1.81. The molecule has 0 aliphatic rings. The fourth-order valence-corrected chi connectivity index (χ4v) is 3.22. The summed E-state index contributed by atoms with van der Waals surface area (Å²) in [4.78, 5) is 7.66. The lowest BCUT2D eigenvalue weighted by molar-refractivity contribution is 0.243. The van der Waals surface area contributed by atoms with Crippen LogP contribution in [0.2, 0.25) is 4.34 Å². The maximum absolute atomic E-state index is 5.96. The Hall–Kier alpha value is -1.14. The Morgan fingerprint density at radius 1 is 1.40 bits per heavy atom. The third-order valence-electron chi connectivity index (χ3n) is 3.14. The summed E-state index contributed by atoms with van der Waals surface area (Å²) in [6.45, 7) is 1.34. The molecule has 0 aliphatic carbocycles. The molecule has 4 nitrogen and oxygen atoms in total. The molecule has 0 spiro atoms. The minimum atomic E-state index is 0.120. The Kier molecular flexibility index (Phi) is 5.37. The number of thiophene rings is 1. The number of pyridine rings is 1. The monoisotopic (exact) mass is 311 g/mol. The SMILES string of the molecule is COc1ccc(C(CN)N(C)Cc2ccc(Cl)s2)cn1. The summed E-state index contributed by atoms with van der Waals surface area (Å²) in [5.41, 5.74) is 6.99. The highest BCUT2D eigenvalue weighted by atomic mass is 35.5. The van der Waals surface area contributed by atoms with Crippen LogP contribution >= 0.6 is 22.9 Å². The average Bonchev–Trinajstić information content (AvgIpc) is 2.85. The quantitative estimate of drug-likeness (QED) is 0.891. The van der Waals surface area contributed by atoms with E-state index in [2.05, 4.69) is 16.9 Å². The Labute approximate surface area is 128 Å². The predicted molar refractivity (Wildman–Crippen MR) is 83.4 cm³/mol. The van der Waals surface area contributed by atoms with Crippen LogP contribution in [0.5, 0.6) is 5.88 Å². The fraction of sp³-hybridized carbons (Fsp3) is 0.357. The third kappa shape index (κ3) is 3.70. The van der Waals surface area contributed by atoms with Crippen LogP contribution in [0, 0.1) is 0 Å². The molecule has 0 fully saturated rings. The molecule has 0 aliphatic heterocycles. The van der Waals surface area contributed by atoms with Crippen molar-refractivity contribution >= 4 is 22.9 Å². The highest BCUT2D eigenvalue weighted by Gasteiger charge is 2.17. The first-order chi connectivity index (χ1) is 9.63. The Morgan fingerprint density at radius 2 is 2.20 bits per heavy atom. The lowest BCUT2D eigenvalue weighted by Gasteiger charge is -2.26. The van der Waals surface area contributed by atoms with Crippen LogP contribution in [0.1, 0.15) is 16.5 Å². The van der Waals surface area contributed by atoms with Crippen LogP contribution in [0.15, 0.2) is 30.5 Å². The minimum Gasteiger partial charge on any atom is -0.481 e. The van der Waals surface area contributed by atoms with E-state index in [1.165, 1.54) is 4.88 Å². The molecule has 0 aromatic carbocycles. The molecule has 6 heteroatoms. The van der Waals surface area contributed by atoms with Crippen molar-refractivity contribution in [1.29, 1.82) is 0 Å². The average molecular weight is 312 g/mol. The second-order valence-corrected chi connectivity index (χ2v) is 6.31. The molecular weight excluding hydrogens is 294 g/mol. The predicted octanol–water partition coefficient (Wildman–Crippen LogP) is 2.94. The van der Waals surface area contributed by atoms with Crippen LogP contribution < -0.4 is 10.5 Å². The minimum absolute atomic E-state index is 0.120. The zero-order valence-electron chi connectivity index (χ0n) is 11.5. The molecule has 0 amide bonds. The second kappa shape index (κ2) is 7.04. The molecular formula is C14H18ClN3OS. The van der Waals surface area contributed by atoms with Crippen molar-refractivity contribution in [3.8, 4) is 5.88 Å². The van der Waals surface area contributed by atoms with Crippen LogP contribution in [0.3, 0.4) is 0 Å². The molecule has 2 aromatic rings. The van der Waals surface area contributed by atoms with Gasteiger partial charge in [0.2, 0.25) is 5.88 Å². The van der Waals surface area contributed by atoms with Crippen molar-refractivity contribution < 1.29 is 4.74 Å². The molecule has 0 saturated carbocycles. The fourth-order valence-electron chi connectivity index (χ4n) is 2.07. The molecule has 2 rings (SSSR count). The highest BCUT2D eigenvalue weighted by Crippen LogP contribution is 2.26. The third-order valence-corrected chi connectivity index (χ3v) is 4.36. The van der Waals surface area contributed by atoms with Crippen LogP contribution in [0.4, 0.5) is 0 Å². The first-order valence-electron chi connectivity index (χ1n) is 6.28. The van der Waals surface area contributed by atoms with Crippen LogP contribution in [0.25, 0.3) is 0 Å². The standard InChI is InChI=1S/C14H18ClN3OS/c1-18(9-11-4-5-13(15)20-11)12(7-16)10-3-6-14(19-2)17-8-10/h3-6,8,12H,7,9,16H2,1-2H3. The zero-order chi connectivity index (χ0) is 14.5. The zero-order valence-corrected chi connectivity index (χ0v) is 13.1. The van der Waals surface area contributed by atoms with Crippen LogP contribution in [-0.2, 0) is 6.54 Å². The van der Waals surface area contributed by atoms with Gasteiger partial charge in [0.1, 0.15) is 0 Å². The van der Waals surface area contributed by atoms with Gasteiger partial charge in [-0.2, -0.15) is 0 Å². The summed E-state index contributed by atoms with van der Waals surface area (Å²) in [7, 11) is 3.66. The first-order valence-corrected chi connectivity index (χ1v) is 7.48. The van der Waals surface area contributed by atoms with Gasteiger partial charge in [-0.05, 0) is 24.7 Å². The first kappa shape index (κ1) is 15.3. The normalized spacial score (nSPS) is 12.7. The van der Waals surface area contributed by atoms with Gasteiger partial charge in [0.05, 0.1) is 11.4 Å². The molecule has 2 aromatic heterocycles. The number of nitrogens with two attached hydrogens (primary N) is 1. The van der Waals surface area contributed by atoms with E-state index in [1.807, 2.05) is 30.5 Å². The molecule has 108 valence electrons. The van der Waals surface area contributed by atoms with Gasteiger partial charge in [0.25, 0.3) is 0 Å². The van der Waals surface area contributed by atoms with Gasteiger partial charge in [0, 0.05) is 36.3 Å². The van der Waals surface area contributed by atoms with Gasteiger partial charge in [-0.3, -0.25) is 4.90 Å². The van der Waals surface area contributed by atoms with E-state index in [4.69, 9.17) is 22.1 Å². The number of halogens is 1. The molecule has 2 heterocycles. The van der Waals surface area contributed by atoms with Gasteiger partial charge < -0.3 is 10.5 Å². The number of ether oxygens (including phenoxy) is 1. The van der Waals surface area contributed by atoms with Gasteiger partial charge >= 0.3 is 0 Å². The number of methoxy groups -OCH3 is 1. The van der Waals surface area contributed by atoms with Gasteiger partial charge in [-0.25, -0.2) is 4.98 Å². The number of hydrogen-bond donors (Lipinski definition) is 1. The van der Waals surface area contributed by atoms with E-state index in [9.17, 15) is 0 Å². The van der Waals surface area contributed by atoms with E-state index in [1.54, 1.807) is 18.4 Å². The van der Waals surface area contributed by atoms with Crippen molar-refractivity contribution in [3.63, 3.8) is 0 Å². The Balaban J connectivity index is 2.09. The molecule has 0 radical (unpaired) electrons. The second-order valence-electron chi connectivity index (χ2n) is 4.51. The maximum atomic E-state index is 5.96. The van der Waals surface area contributed by atoms with Crippen molar-refractivity contribution in [2.45, 2.75) is 12.6 Å². The van der Waals surface area contributed by atoms with Crippen molar-refractivity contribution in [1.82, 2.24) is 9.88 Å². The summed E-state index contributed by atoms with van der Waals surface area (Å²) in [5.74, 6) is 0.609. The number of nitrogens with zero attached hydrogens (tertiary/aromatic N) is 2. The van der Waals surface area contributed by atoms with Crippen molar-refractivity contribution in [2.24, 2.45) is 5.73 Å². The molecule has 0 saturated heterocycles. The van der Waals surface area contributed by atoms with E-state index in [-0.39, 0.29) is 6.04 Å². The summed E-state index contributed by atoms with van der Waals surface area (Å²) in [6, 6.07) is 7.94. The van der Waals surface area contributed by atoms with Crippen molar-refractivity contribution in [3.05, 3.63) is 45.2 Å². The number of likely N-dealkylation sites (N-methyl/N-ethyl adjacent to an activating group) is 1. The maximum Gasteiger partial charge on any atom is 0.212 e. The Morgan fingerprint density at radius 3 is 2.70 bits per heavy atom. The molecule has 2 N–H and O–H groups in total. The topological polar surface area (TPSA) is 51.4 Å². The number of hydrogen-bond acceptors (Lipinski definition) is 5. The van der Waals surface area contributed by atoms with E-state index >= 15 is 0 Å². The highest BCUT2D eigenvalue weighted by molar-refractivity contribution is 7.16. The summed E-state index contributed by atoms with van der Waals surface area (Å²) in [5, 5.41) is 0. The van der Waals surface area contributed by atoms with E-state index in [0.29, 0.717) is 12.4 Å². The van der Waals surface area contributed by atoms with Gasteiger partial charge in [0.15, 0.2) is 0 Å². The van der Waals surface area contributed by atoms with E-state index in [0.717, 1.165) is 16.4 Å². The van der Waals surface area contributed by atoms with Crippen molar-refractivity contribution in [2.75, 3.05) is 20.7 Å². The van der Waals surface area contributed by atoms with Gasteiger partial charge in [-0.1, -0.05) is 17.7 Å². The van der Waals surface area contributed by atoms with Gasteiger partial charge in [-0.15, -0.1) is 11.3 Å².